The van der Waals surface area contributed by atoms with Gasteiger partial charge in [0.1, 0.15) is 0 Å². The lowest BCUT2D eigenvalue weighted by Crippen LogP contribution is -2.34. The lowest BCUT2D eigenvalue weighted by atomic mass is 10.2. The van der Waals surface area contributed by atoms with Crippen LogP contribution in [0.2, 0.25) is 5.02 Å². The smallest absolute Gasteiger partial charge is 0.0791 e. The Kier molecular flexibility index (Phi) is 6.44. The van der Waals surface area contributed by atoms with Crippen molar-refractivity contribution in [2.75, 3.05) is 27.2 Å². The molecule has 0 fully saturated rings. The molecule has 1 aromatic carbocycles. The third-order valence-electron chi connectivity index (χ3n) is 2.28. The average Bonchev–Trinajstić information content (AvgIpc) is 2.22. The Hall–Kier alpha value is -0.130. The van der Waals surface area contributed by atoms with Crippen molar-refractivity contribution >= 4 is 27.5 Å². The lowest BCUT2D eigenvalue weighted by Gasteiger charge is -2.16. The molecule has 1 aromatic rings. The molecule has 1 rings (SSSR count). The summed E-state index contributed by atoms with van der Waals surface area (Å²) in [5.41, 5.74) is 1.09. The van der Waals surface area contributed by atoms with Gasteiger partial charge in [-0.05, 0) is 37.9 Å². The van der Waals surface area contributed by atoms with Crippen molar-refractivity contribution in [3.05, 3.63) is 33.3 Å². The summed E-state index contributed by atoms with van der Waals surface area (Å²) in [5.74, 6) is 0. The van der Waals surface area contributed by atoms with Crippen LogP contribution in [0.1, 0.15) is 5.56 Å². The topological polar surface area (TPSA) is 35.5 Å². The molecule has 1 atom stereocenters. The van der Waals surface area contributed by atoms with Gasteiger partial charge in [0.05, 0.1) is 6.10 Å². The number of aliphatic hydroxyl groups excluding tert-OH is 1. The minimum Gasteiger partial charge on any atom is -0.390 e. The molecule has 3 nitrogen and oxygen atoms in total. The Labute approximate surface area is 116 Å². The summed E-state index contributed by atoms with van der Waals surface area (Å²) in [6, 6.07) is 5.68. The molecule has 5 heteroatoms. The molecular formula is C12H18BrClN2O. The highest BCUT2D eigenvalue weighted by atomic mass is 79.9. The summed E-state index contributed by atoms with van der Waals surface area (Å²) < 4.78 is 1.02. The fraction of sp³-hybridized carbons (Fsp3) is 0.500. The number of aliphatic hydroxyl groups is 1. The van der Waals surface area contributed by atoms with Crippen molar-refractivity contribution in [3.8, 4) is 0 Å². The minimum atomic E-state index is -0.358. The molecule has 1 unspecified atom stereocenters. The van der Waals surface area contributed by atoms with Gasteiger partial charge in [-0.1, -0.05) is 27.5 Å². The molecule has 0 aliphatic rings. The Morgan fingerprint density at radius 2 is 2.18 bits per heavy atom. The maximum Gasteiger partial charge on any atom is 0.0791 e. The van der Waals surface area contributed by atoms with E-state index in [4.69, 9.17) is 11.6 Å². The van der Waals surface area contributed by atoms with E-state index in [9.17, 15) is 5.11 Å². The van der Waals surface area contributed by atoms with Gasteiger partial charge in [0.25, 0.3) is 0 Å². The van der Waals surface area contributed by atoms with E-state index < -0.39 is 0 Å². The first-order chi connectivity index (χ1) is 7.99. The number of halogens is 2. The second-order valence-electron chi connectivity index (χ2n) is 4.28. The first kappa shape index (κ1) is 14.9. The van der Waals surface area contributed by atoms with Crippen LogP contribution < -0.4 is 5.32 Å². The molecule has 0 amide bonds. The van der Waals surface area contributed by atoms with Crippen LogP contribution in [0.4, 0.5) is 0 Å². The van der Waals surface area contributed by atoms with Crippen LogP contribution in [0.5, 0.6) is 0 Å². The van der Waals surface area contributed by atoms with Crippen LogP contribution >= 0.6 is 27.5 Å². The zero-order valence-electron chi connectivity index (χ0n) is 10.1. The number of hydrogen-bond acceptors (Lipinski definition) is 3. The molecule has 0 saturated carbocycles. The van der Waals surface area contributed by atoms with E-state index in [-0.39, 0.29) is 6.10 Å². The molecular weight excluding hydrogens is 304 g/mol. The Morgan fingerprint density at radius 3 is 2.82 bits per heavy atom. The highest BCUT2D eigenvalue weighted by Crippen LogP contribution is 2.20. The second kappa shape index (κ2) is 7.34. The first-order valence-corrected chi connectivity index (χ1v) is 6.63. The summed E-state index contributed by atoms with van der Waals surface area (Å²) in [7, 11) is 3.88. The first-order valence-electron chi connectivity index (χ1n) is 5.46. The zero-order valence-corrected chi connectivity index (χ0v) is 12.4. The van der Waals surface area contributed by atoms with Crippen LogP contribution in [0.15, 0.2) is 22.7 Å². The standard InChI is InChI=1S/C12H18BrClN2O/c1-16(2)8-11(17)7-15-6-9-5-10(14)3-4-12(9)13/h3-5,11,15,17H,6-8H2,1-2H3. The van der Waals surface area contributed by atoms with Crippen LogP contribution in [-0.4, -0.2) is 43.3 Å². The van der Waals surface area contributed by atoms with E-state index in [1.807, 2.05) is 37.2 Å². The fourth-order valence-corrected chi connectivity index (χ4v) is 2.12. The predicted molar refractivity (Wildman–Crippen MR) is 75.4 cm³/mol. The summed E-state index contributed by atoms with van der Waals surface area (Å²) in [5, 5.41) is 13.6. The molecule has 17 heavy (non-hydrogen) atoms. The van der Waals surface area contributed by atoms with Gasteiger partial charge in [0, 0.05) is 29.1 Å². The lowest BCUT2D eigenvalue weighted by molar-refractivity contribution is 0.134. The van der Waals surface area contributed by atoms with Gasteiger partial charge < -0.3 is 15.3 Å². The van der Waals surface area contributed by atoms with E-state index in [2.05, 4.69) is 21.2 Å². The van der Waals surface area contributed by atoms with Gasteiger partial charge in [0.2, 0.25) is 0 Å². The van der Waals surface area contributed by atoms with E-state index in [1.165, 1.54) is 0 Å². The molecule has 2 N–H and O–H groups in total. The molecule has 0 aromatic heterocycles. The normalized spacial score (nSPS) is 13.1. The van der Waals surface area contributed by atoms with Gasteiger partial charge in [-0.3, -0.25) is 0 Å². The number of likely N-dealkylation sites (N-methyl/N-ethyl adjacent to an activating group) is 1. The number of rotatable bonds is 6. The van der Waals surface area contributed by atoms with Crippen molar-refractivity contribution in [1.82, 2.24) is 10.2 Å². The number of nitrogens with zero attached hydrogens (tertiary/aromatic N) is 1. The summed E-state index contributed by atoms with van der Waals surface area (Å²) >= 11 is 9.39. The zero-order chi connectivity index (χ0) is 12.8. The summed E-state index contributed by atoms with van der Waals surface area (Å²) in [6.45, 7) is 1.91. The summed E-state index contributed by atoms with van der Waals surface area (Å²) in [6.07, 6.45) is -0.358. The largest absolute Gasteiger partial charge is 0.390 e. The molecule has 96 valence electrons. The van der Waals surface area contributed by atoms with Gasteiger partial charge in [0.15, 0.2) is 0 Å². The molecule has 0 saturated heterocycles. The van der Waals surface area contributed by atoms with Crippen molar-refractivity contribution < 1.29 is 5.11 Å². The quantitative estimate of drug-likeness (QED) is 0.842. The average molecular weight is 322 g/mol. The second-order valence-corrected chi connectivity index (χ2v) is 5.57. The van der Waals surface area contributed by atoms with Crippen molar-refractivity contribution in [2.45, 2.75) is 12.6 Å². The maximum atomic E-state index is 9.68. The third-order valence-corrected chi connectivity index (χ3v) is 3.29. The van der Waals surface area contributed by atoms with Gasteiger partial charge >= 0.3 is 0 Å². The Bertz CT molecular complexity index is 360. The van der Waals surface area contributed by atoms with Gasteiger partial charge in [-0.2, -0.15) is 0 Å². The van der Waals surface area contributed by atoms with E-state index in [1.54, 1.807) is 0 Å². The monoisotopic (exact) mass is 320 g/mol. The fourth-order valence-electron chi connectivity index (χ4n) is 1.54. The molecule has 0 aliphatic carbocycles. The minimum absolute atomic E-state index is 0.358. The molecule has 0 radical (unpaired) electrons. The highest BCUT2D eigenvalue weighted by molar-refractivity contribution is 9.10. The number of nitrogens with one attached hydrogen (secondary N) is 1. The maximum absolute atomic E-state index is 9.68. The Balaban J connectivity index is 2.38. The van der Waals surface area contributed by atoms with Gasteiger partial charge in [-0.15, -0.1) is 0 Å². The van der Waals surface area contributed by atoms with Crippen molar-refractivity contribution in [2.24, 2.45) is 0 Å². The van der Waals surface area contributed by atoms with Crippen LogP contribution in [0.25, 0.3) is 0 Å². The highest BCUT2D eigenvalue weighted by Gasteiger charge is 2.06. The molecule has 0 aliphatic heterocycles. The van der Waals surface area contributed by atoms with Crippen molar-refractivity contribution in [1.29, 1.82) is 0 Å². The van der Waals surface area contributed by atoms with Crippen LogP contribution in [0.3, 0.4) is 0 Å². The van der Waals surface area contributed by atoms with E-state index >= 15 is 0 Å². The number of hydrogen-bond donors (Lipinski definition) is 2. The van der Waals surface area contributed by atoms with Crippen LogP contribution in [0, 0.1) is 0 Å². The van der Waals surface area contributed by atoms with Crippen LogP contribution in [-0.2, 0) is 6.54 Å². The molecule has 0 heterocycles. The number of benzene rings is 1. The Morgan fingerprint density at radius 1 is 1.47 bits per heavy atom. The third kappa shape index (κ3) is 5.84. The van der Waals surface area contributed by atoms with Crippen molar-refractivity contribution in [3.63, 3.8) is 0 Å². The molecule has 0 spiro atoms. The SMILES string of the molecule is CN(C)CC(O)CNCc1cc(Cl)ccc1Br. The van der Waals surface area contributed by atoms with E-state index in [0.717, 1.165) is 15.1 Å². The van der Waals surface area contributed by atoms with Gasteiger partial charge in [-0.25, -0.2) is 0 Å². The summed E-state index contributed by atoms with van der Waals surface area (Å²) in [4.78, 5) is 1.96. The molecule has 0 bridgehead atoms. The van der Waals surface area contributed by atoms with E-state index in [0.29, 0.717) is 19.6 Å². The predicted octanol–water partition coefficient (Wildman–Crippen LogP) is 2.11.